The molecular weight excluding hydrogens is 320 g/mol. The topological polar surface area (TPSA) is 75.5 Å². The van der Waals surface area contributed by atoms with E-state index < -0.39 is 0 Å². The van der Waals surface area contributed by atoms with Gasteiger partial charge in [0, 0.05) is 30.6 Å². The van der Waals surface area contributed by atoms with E-state index in [0.29, 0.717) is 18.7 Å². The minimum atomic E-state index is -0.384. The molecule has 130 valence electrons. The maximum absolute atomic E-state index is 12.0. The van der Waals surface area contributed by atoms with Gasteiger partial charge in [0.05, 0.1) is 12.8 Å². The number of amides is 1. The zero-order valence-corrected chi connectivity index (χ0v) is 14.0. The third-order valence-corrected chi connectivity index (χ3v) is 4.03. The maximum Gasteiger partial charge on any atom is 0.306 e. The van der Waals surface area contributed by atoms with E-state index in [2.05, 4.69) is 4.98 Å². The predicted octanol–water partition coefficient (Wildman–Crippen LogP) is 2.90. The molecule has 6 nitrogen and oxygen atoms in total. The summed E-state index contributed by atoms with van der Waals surface area (Å²) in [5, 5.41) is 1.10. The van der Waals surface area contributed by atoms with E-state index in [0.717, 1.165) is 16.5 Å². The van der Waals surface area contributed by atoms with Crippen molar-refractivity contribution in [1.82, 2.24) is 9.88 Å². The first kappa shape index (κ1) is 16.8. The molecule has 0 atom stereocenters. The Bertz CT molecular complexity index is 851. The Hall–Kier alpha value is -3.02. The summed E-state index contributed by atoms with van der Waals surface area (Å²) in [5.41, 5.74) is 2.11. The van der Waals surface area contributed by atoms with Gasteiger partial charge >= 0.3 is 5.97 Å². The molecule has 0 radical (unpaired) electrons. The molecule has 1 aromatic carbocycles. The van der Waals surface area contributed by atoms with Crippen LogP contribution in [-0.2, 0) is 27.3 Å². The van der Waals surface area contributed by atoms with Gasteiger partial charge in [-0.25, -0.2) is 0 Å². The lowest BCUT2D eigenvalue weighted by Crippen LogP contribution is -2.30. The van der Waals surface area contributed by atoms with E-state index in [1.165, 1.54) is 4.90 Å². The molecule has 2 aromatic heterocycles. The number of fused-ring (bicyclic) bond motifs is 1. The van der Waals surface area contributed by atoms with Crippen molar-refractivity contribution < 1.29 is 18.7 Å². The van der Waals surface area contributed by atoms with E-state index >= 15 is 0 Å². The number of para-hydroxylation sites is 1. The lowest BCUT2D eigenvalue weighted by molar-refractivity contribution is -0.151. The number of aromatic amines is 1. The van der Waals surface area contributed by atoms with E-state index in [1.807, 2.05) is 30.5 Å². The van der Waals surface area contributed by atoms with Gasteiger partial charge in [0.25, 0.3) is 5.91 Å². The zero-order valence-electron chi connectivity index (χ0n) is 14.0. The zero-order chi connectivity index (χ0) is 17.6. The average Bonchev–Trinajstić information content (AvgIpc) is 3.27. The summed E-state index contributed by atoms with van der Waals surface area (Å²) in [5.74, 6) is 0.0309. The van der Waals surface area contributed by atoms with Crippen molar-refractivity contribution in [2.75, 3.05) is 13.7 Å². The fourth-order valence-electron chi connectivity index (χ4n) is 2.62. The van der Waals surface area contributed by atoms with Gasteiger partial charge in [-0.05, 0) is 30.2 Å². The van der Waals surface area contributed by atoms with Gasteiger partial charge in [0.15, 0.2) is 6.61 Å². The lowest BCUT2D eigenvalue weighted by Gasteiger charge is -2.15. The highest BCUT2D eigenvalue weighted by Crippen LogP contribution is 2.19. The van der Waals surface area contributed by atoms with Crippen LogP contribution in [0.2, 0.25) is 0 Å². The number of aryl methyl sites for hydroxylation is 1. The van der Waals surface area contributed by atoms with Crippen LogP contribution in [0.4, 0.5) is 0 Å². The Balaban J connectivity index is 1.44. The number of carbonyl (C=O) groups excluding carboxylic acids is 2. The van der Waals surface area contributed by atoms with Gasteiger partial charge in [-0.15, -0.1) is 0 Å². The van der Waals surface area contributed by atoms with Crippen molar-refractivity contribution in [3.63, 3.8) is 0 Å². The number of aromatic nitrogens is 1. The van der Waals surface area contributed by atoms with Crippen LogP contribution in [-0.4, -0.2) is 35.4 Å². The second kappa shape index (κ2) is 7.70. The maximum atomic E-state index is 12.0. The quantitative estimate of drug-likeness (QED) is 0.671. The number of hydrogen-bond acceptors (Lipinski definition) is 4. The summed E-state index contributed by atoms with van der Waals surface area (Å²) in [4.78, 5) is 28.5. The average molecular weight is 340 g/mol. The van der Waals surface area contributed by atoms with Crippen LogP contribution in [0.1, 0.15) is 17.7 Å². The molecule has 0 aliphatic heterocycles. The summed E-state index contributed by atoms with van der Waals surface area (Å²) in [6, 6.07) is 11.5. The molecule has 3 aromatic rings. The highest BCUT2D eigenvalue weighted by molar-refractivity contribution is 5.84. The number of rotatable bonds is 7. The van der Waals surface area contributed by atoms with Crippen LogP contribution < -0.4 is 0 Å². The van der Waals surface area contributed by atoms with Crippen LogP contribution in [0.15, 0.2) is 53.3 Å². The van der Waals surface area contributed by atoms with Crippen LogP contribution in [0.3, 0.4) is 0 Å². The number of H-pyrrole nitrogens is 1. The van der Waals surface area contributed by atoms with Crippen molar-refractivity contribution in [3.8, 4) is 0 Å². The summed E-state index contributed by atoms with van der Waals surface area (Å²) in [6.45, 7) is 0.0860. The highest BCUT2D eigenvalue weighted by Gasteiger charge is 2.14. The van der Waals surface area contributed by atoms with Gasteiger partial charge in [-0.3, -0.25) is 9.59 Å². The molecule has 0 spiro atoms. The molecular formula is C19H20N2O4. The number of ether oxygens (including phenoxy) is 1. The Labute approximate surface area is 145 Å². The van der Waals surface area contributed by atoms with Crippen LogP contribution in [0.5, 0.6) is 0 Å². The molecule has 0 unspecified atom stereocenters. The SMILES string of the molecule is CN(Cc1ccco1)C(=O)COC(=O)CCc1c[nH]c2ccccc12. The molecule has 0 fully saturated rings. The lowest BCUT2D eigenvalue weighted by atomic mass is 10.1. The molecule has 2 heterocycles. The summed E-state index contributed by atoms with van der Waals surface area (Å²) >= 11 is 0. The van der Waals surface area contributed by atoms with Crippen LogP contribution >= 0.6 is 0 Å². The molecule has 1 N–H and O–H groups in total. The summed E-state index contributed by atoms with van der Waals surface area (Å²) in [6.07, 6.45) is 4.26. The van der Waals surface area contributed by atoms with Crippen molar-refractivity contribution >= 4 is 22.8 Å². The smallest absolute Gasteiger partial charge is 0.306 e. The normalized spacial score (nSPS) is 10.8. The second-order valence-electron chi connectivity index (χ2n) is 5.85. The molecule has 0 aliphatic carbocycles. The summed E-state index contributed by atoms with van der Waals surface area (Å²) < 4.78 is 10.3. The molecule has 0 aliphatic rings. The number of furan rings is 1. The second-order valence-corrected chi connectivity index (χ2v) is 5.85. The number of nitrogens with zero attached hydrogens (tertiary/aromatic N) is 1. The number of esters is 1. The fraction of sp³-hybridized carbons (Fsp3) is 0.263. The molecule has 0 bridgehead atoms. The molecule has 0 saturated heterocycles. The van der Waals surface area contributed by atoms with Gasteiger partial charge in [-0.2, -0.15) is 0 Å². The Morgan fingerprint density at radius 2 is 2.04 bits per heavy atom. The minimum absolute atomic E-state index is 0.233. The Kier molecular flexibility index (Phi) is 5.18. The van der Waals surface area contributed by atoms with Gasteiger partial charge in [0.2, 0.25) is 0 Å². The van der Waals surface area contributed by atoms with Crippen molar-refractivity contribution in [3.05, 3.63) is 60.2 Å². The number of nitrogens with one attached hydrogen (secondary N) is 1. The van der Waals surface area contributed by atoms with Crippen molar-refractivity contribution in [2.24, 2.45) is 0 Å². The Morgan fingerprint density at radius 3 is 2.84 bits per heavy atom. The number of carbonyl (C=O) groups is 2. The van der Waals surface area contributed by atoms with Crippen LogP contribution in [0.25, 0.3) is 10.9 Å². The molecule has 3 rings (SSSR count). The number of hydrogen-bond donors (Lipinski definition) is 1. The molecule has 0 saturated carbocycles. The van der Waals surface area contributed by atoms with Crippen molar-refractivity contribution in [2.45, 2.75) is 19.4 Å². The van der Waals surface area contributed by atoms with Gasteiger partial charge in [0.1, 0.15) is 5.76 Å². The Morgan fingerprint density at radius 1 is 1.20 bits per heavy atom. The third kappa shape index (κ3) is 4.29. The standard InChI is InChI=1S/C19H20N2O4/c1-21(12-15-5-4-10-24-15)18(22)13-25-19(23)9-8-14-11-20-17-7-3-2-6-16(14)17/h2-7,10-11,20H,8-9,12-13H2,1H3. The number of likely N-dealkylation sites (N-methyl/N-ethyl adjacent to an activating group) is 1. The summed E-state index contributed by atoms with van der Waals surface area (Å²) in [7, 11) is 1.64. The third-order valence-electron chi connectivity index (χ3n) is 4.03. The molecule has 25 heavy (non-hydrogen) atoms. The largest absolute Gasteiger partial charge is 0.467 e. The van der Waals surface area contributed by atoms with Gasteiger partial charge < -0.3 is 19.0 Å². The minimum Gasteiger partial charge on any atom is -0.467 e. The van der Waals surface area contributed by atoms with Crippen molar-refractivity contribution in [1.29, 1.82) is 0 Å². The first-order valence-electron chi connectivity index (χ1n) is 8.10. The van der Waals surface area contributed by atoms with E-state index in [9.17, 15) is 9.59 Å². The predicted molar refractivity (Wildman–Crippen MR) is 92.8 cm³/mol. The highest BCUT2D eigenvalue weighted by atomic mass is 16.5. The van der Waals surface area contributed by atoms with E-state index in [-0.39, 0.29) is 24.9 Å². The van der Waals surface area contributed by atoms with E-state index in [1.54, 1.807) is 25.4 Å². The first-order valence-corrected chi connectivity index (χ1v) is 8.10. The van der Waals surface area contributed by atoms with E-state index in [4.69, 9.17) is 9.15 Å². The molecule has 1 amide bonds. The molecule has 6 heteroatoms. The van der Waals surface area contributed by atoms with Gasteiger partial charge in [-0.1, -0.05) is 18.2 Å². The number of benzene rings is 1. The fourth-order valence-corrected chi connectivity index (χ4v) is 2.62. The first-order chi connectivity index (χ1) is 12.1. The van der Waals surface area contributed by atoms with Crippen LogP contribution in [0, 0.1) is 0 Å². The monoisotopic (exact) mass is 340 g/mol.